The van der Waals surface area contributed by atoms with Crippen molar-refractivity contribution in [3.8, 4) is 5.75 Å². The molecule has 0 radical (unpaired) electrons. The van der Waals surface area contributed by atoms with Crippen molar-refractivity contribution in [1.82, 2.24) is 10.2 Å². The third-order valence-corrected chi connectivity index (χ3v) is 4.35. The lowest BCUT2D eigenvalue weighted by Gasteiger charge is -2.31. The zero-order chi connectivity index (χ0) is 15.2. The molecule has 2 amide bonds. The number of hydrogen-bond acceptors (Lipinski definition) is 2. The van der Waals surface area contributed by atoms with Gasteiger partial charge in [0.05, 0.1) is 7.11 Å². The first kappa shape index (κ1) is 15.7. The minimum Gasteiger partial charge on any atom is -0.496 e. The van der Waals surface area contributed by atoms with E-state index in [1.165, 1.54) is 19.3 Å². The average molecular weight is 290 g/mol. The zero-order valence-corrected chi connectivity index (χ0v) is 13.3. The molecule has 116 valence electrons. The molecule has 1 aromatic rings. The molecule has 0 aromatic heterocycles. The fraction of sp³-hybridized carbons (Fsp3) is 0.588. The summed E-state index contributed by atoms with van der Waals surface area (Å²) in [5.41, 5.74) is 2.18. The van der Waals surface area contributed by atoms with Gasteiger partial charge in [0.25, 0.3) is 0 Å². The van der Waals surface area contributed by atoms with Crippen LogP contribution in [0.4, 0.5) is 4.79 Å². The quantitative estimate of drug-likeness (QED) is 0.922. The van der Waals surface area contributed by atoms with Gasteiger partial charge in [-0.1, -0.05) is 31.4 Å². The Labute approximate surface area is 127 Å². The predicted octanol–water partition coefficient (Wildman–Crippen LogP) is 3.48. The van der Waals surface area contributed by atoms with Crippen LogP contribution in [0.2, 0.25) is 0 Å². The van der Waals surface area contributed by atoms with Crippen LogP contribution in [-0.2, 0) is 6.54 Å². The minimum absolute atomic E-state index is 0.0235. The van der Waals surface area contributed by atoms with Crippen LogP contribution in [0.5, 0.6) is 5.75 Å². The number of carbonyl (C=O) groups is 1. The van der Waals surface area contributed by atoms with Crippen molar-refractivity contribution in [2.45, 2.75) is 51.6 Å². The number of carbonyl (C=O) groups excluding carboxylic acids is 1. The van der Waals surface area contributed by atoms with Gasteiger partial charge in [0, 0.05) is 19.6 Å². The summed E-state index contributed by atoms with van der Waals surface area (Å²) in [5, 5.41) is 3.01. The first-order valence-electron chi connectivity index (χ1n) is 7.76. The Balaban J connectivity index is 1.86. The van der Waals surface area contributed by atoms with E-state index in [1.807, 2.05) is 31.0 Å². The van der Waals surface area contributed by atoms with E-state index in [4.69, 9.17) is 4.74 Å². The Hall–Kier alpha value is -1.71. The number of hydrogen-bond donors (Lipinski definition) is 1. The molecule has 0 spiro atoms. The third kappa shape index (κ3) is 4.13. The lowest BCUT2D eigenvalue weighted by Crippen LogP contribution is -2.44. The molecule has 0 atom stereocenters. The number of nitrogens with zero attached hydrogens (tertiary/aromatic N) is 1. The maximum atomic E-state index is 12.2. The number of nitrogens with one attached hydrogen (secondary N) is 1. The number of urea groups is 1. The molecule has 21 heavy (non-hydrogen) atoms. The molecule has 1 aliphatic carbocycles. The van der Waals surface area contributed by atoms with Crippen molar-refractivity contribution in [3.63, 3.8) is 0 Å². The second kappa shape index (κ2) is 7.34. The van der Waals surface area contributed by atoms with E-state index >= 15 is 0 Å². The van der Waals surface area contributed by atoms with Gasteiger partial charge in [0.15, 0.2) is 0 Å². The number of rotatable bonds is 4. The molecule has 1 fully saturated rings. The van der Waals surface area contributed by atoms with Crippen molar-refractivity contribution < 1.29 is 9.53 Å². The standard InChI is InChI=1S/C17H26N2O2/c1-13-11-14(9-10-16(13)21-3)12-18-17(20)19(2)15-7-5-4-6-8-15/h9-11,15H,4-8,12H2,1-3H3,(H,18,20). The lowest BCUT2D eigenvalue weighted by molar-refractivity contribution is 0.173. The maximum Gasteiger partial charge on any atom is 0.317 e. The van der Waals surface area contributed by atoms with Gasteiger partial charge < -0.3 is 15.0 Å². The van der Waals surface area contributed by atoms with Crippen LogP contribution in [0.25, 0.3) is 0 Å². The van der Waals surface area contributed by atoms with Gasteiger partial charge in [-0.2, -0.15) is 0 Å². The molecule has 0 bridgehead atoms. The molecule has 0 heterocycles. The van der Waals surface area contributed by atoms with Gasteiger partial charge >= 0.3 is 6.03 Å². The van der Waals surface area contributed by atoms with Gasteiger partial charge in [-0.25, -0.2) is 4.79 Å². The van der Waals surface area contributed by atoms with E-state index < -0.39 is 0 Å². The maximum absolute atomic E-state index is 12.2. The van der Waals surface area contributed by atoms with Crippen LogP contribution in [-0.4, -0.2) is 31.1 Å². The number of ether oxygens (including phenoxy) is 1. The SMILES string of the molecule is COc1ccc(CNC(=O)N(C)C2CCCCC2)cc1C. The van der Waals surface area contributed by atoms with Crippen molar-refractivity contribution in [2.24, 2.45) is 0 Å². The molecule has 1 aliphatic rings. The minimum atomic E-state index is 0.0235. The first-order chi connectivity index (χ1) is 10.1. The highest BCUT2D eigenvalue weighted by atomic mass is 16.5. The van der Waals surface area contributed by atoms with E-state index in [9.17, 15) is 4.79 Å². The largest absolute Gasteiger partial charge is 0.496 e. The van der Waals surface area contributed by atoms with Crippen LogP contribution in [0.1, 0.15) is 43.2 Å². The Bertz CT molecular complexity index is 482. The summed E-state index contributed by atoms with van der Waals surface area (Å²) in [6.07, 6.45) is 6.04. The van der Waals surface area contributed by atoms with Crippen molar-refractivity contribution in [3.05, 3.63) is 29.3 Å². The van der Waals surface area contributed by atoms with Crippen molar-refractivity contribution in [1.29, 1.82) is 0 Å². The second-order valence-corrected chi connectivity index (χ2v) is 5.87. The van der Waals surface area contributed by atoms with Gasteiger partial charge in [-0.15, -0.1) is 0 Å². The van der Waals surface area contributed by atoms with E-state index in [-0.39, 0.29) is 6.03 Å². The topological polar surface area (TPSA) is 41.6 Å². The van der Waals surface area contributed by atoms with Crippen molar-refractivity contribution in [2.75, 3.05) is 14.2 Å². The molecule has 2 rings (SSSR count). The molecule has 4 heteroatoms. The first-order valence-corrected chi connectivity index (χ1v) is 7.76. The number of benzene rings is 1. The van der Waals surface area contributed by atoms with Crippen LogP contribution in [0, 0.1) is 6.92 Å². The molecule has 4 nitrogen and oxygen atoms in total. The Morgan fingerprint density at radius 3 is 2.67 bits per heavy atom. The molecule has 1 saturated carbocycles. The molecule has 1 N–H and O–H groups in total. The second-order valence-electron chi connectivity index (χ2n) is 5.87. The Morgan fingerprint density at radius 2 is 2.05 bits per heavy atom. The fourth-order valence-corrected chi connectivity index (χ4v) is 2.99. The zero-order valence-electron chi connectivity index (χ0n) is 13.3. The molecule has 0 saturated heterocycles. The fourth-order valence-electron chi connectivity index (χ4n) is 2.99. The van der Waals surface area contributed by atoms with E-state index in [0.717, 1.165) is 29.7 Å². The molecule has 0 aliphatic heterocycles. The van der Waals surface area contributed by atoms with Crippen LogP contribution in [0.3, 0.4) is 0 Å². The normalized spacial score (nSPS) is 15.6. The number of amides is 2. The number of aryl methyl sites for hydroxylation is 1. The molecular formula is C17H26N2O2. The summed E-state index contributed by atoms with van der Waals surface area (Å²) < 4.78 is 5.25. The summed E-state index contributed by atoms with van der Waals surface area (Å²) >= 11 is 0. The monoisotopic (exact) mass is 290 g/mol. The highest BCUT2D eigenvalue weighted by Crippen LogP contribution is 2.22. The highest BCUT2D eigenvalue weighted by molar-refractivity contribution is 5.74. The van der Waals surface area contributed by atoms with E-state index in [0.29, 0.717) is 12.6 Å². The van der Waals surface area contributed by atoms with Gasteiger partial charge in [0.1, 0.15) is 5.75 Å². The number of methoxy groups -OCH3 is 1. The molecule has 1 aromatic carbocycles. The van der Waals surface area contributed by atoms with Crippen molar-refractivity contribution >= 4 is 6.03 Å². The summed E-state index contributed by atoms with van der Waals surface area (Å²) in [7, 11) is 3.58. The lowest BCUT2D eigenvalue weighted by atomic mass is 9.95. The van der Waals surface area contributed by atoms with Gasteiger partial charge in [0.2, 0.25) is 0 Å². The summed E-state index contributed by atoms with van der Waals surface area (Å²) in [6.45, 7) is 2.57. The predicted molar refractivity (Wildman–Crippen MR) is 84.6 cm³/mol. The van der Waals surface area contributed by atoms with Crippen LogP contribution >= 0.6 is 0 Å². The Morgan fingerprint density at radius 1 is 1.33 bits per heavy atom. The molecular weight excluding hydrogens is 264 g/mol. The summed E-state index contributed by atoms with van der Waals surface area (Å²) in [5.74, 6) is 0.879. The highest BCUT2D eigenvalue weighted by Gasteiger charge is 2.21. The Kier molecular flexibility index (Phi) is 5.48. The van der Waals surface area contributed by atoms with E-state index in [2.05, 4.69) is 11.4 Å². The molecule has 0 unspecified atom stereocenters. The average Bonchev–Trinajstić information content (AvgIpc) is 2.52. The van der Waals surface area contributed by atoms with Crippen LogP contribution < -0.4 is 10.1 Å². The third-order valence-electron chi connectivity index (χ3n) is 4.35. The summed E-state index contributed by atoms with van der Waals surface area (Å²) in [6, 6.07) is 6.42. The van der Waals surface area contributed by atoms with Gasteiger partial charge in [-0.3, -0.25) is 0 Å². The van der Waals surface area contributed by atoms with E-state index in [1.54, 1.807) is 7.11 Å². The smallest absolute Gasteiger partial charge is 0.317 e. The summed E-state index contributed by atoms with van der Waals surface area (Å²) in [4.78, 5) is 14.1. The van der Waals surface area contributed by atoms with Gasteiger partial charge in [-0.05, 0) is 37.0 Å². The van der Waals surface area contributed by atoms with Crippen LogP contribution in [0.15, 0.2) is 18.2 Å².